The molecule has 90 valence electrons. The molecule has 1 unspecified atom stereocenters. The van der Waals surface area contributed by atoms with Gasteiger partial charge in [0.1, 0.15) is 0 Å². The van der Waals surface area contributed by atoms with Gasteiger partial charge in [0.15, 0.2) is 0 Å². The highest BCUT2D eigenvalue weighted by atomic mass is 32.2. The summed E-state index contributed by atoms with van der Waals surface area (Å²) < 4.78 is 0. The summed E-state index contributed by atoms with van der Waals surface area (Å²) in [5, 5.41) is 6.19. The third-order valence-corrected chi connectivity index (χ3v) is 3.81. The lowest BCUT2D eigenvalue weighted by Crippen LogP contribution is -2.12. The maximum absolute atomic E-state index is 5.94. The summed E-state index contributed by atoms with van der Waals surface area (Å²) in [5.74, 6) is 0. The summed E-state index contributed by atoms with van der Waals surface area (Å²) in [6, 6.07) is 5.96. The Hall–Kier alpha value is -1.42. The molecule has 2 aromatic rings. The minimum Gasteiger partial charge on any atom is -0.398 e. The van der Waals surface area contributed by atoms with Crippen LogP contribution in [0.15, 0.2) is 30.6 Å². The minimum atomic E-state index is 0.587. The molecule has 0 spiro atoms. The van der Waals surface area contributed by atoms with Gasteiger partial charge in [0.2, 0.25) is 0 Å². The number of rotatable bonds is 4. The predicted octanol–water partition coefficient (Wildman–Crippen LogP) is 2.98. The molecule has 3 N–H and O–H groups in total. The van der Waals surface area contributed by atoms with Gasteiger partial charge in [-0.25, -0.2) is 0 Å². The van der Waals surface area contributed by atoms with Gasteiger partial charge < -0.3 is 11.1 Å². The van der Waals surface area contributed by atoms with Crippen LogP contribution in [0, 0.1) is 0 Å². The molecule has 0 amide bonds. The maximum Gasteiger partial charge on any atom is 0.0422 e. The molecule has 0 radical (unpaired) electrons. The Balaban J connectivity index is 2.32. The van der Waals surface area contributed by atoms with E-state index in [1.54, 1.807) is 6.20 Å². The van der Waals surface area contributed by atoms with Gasteiger partial charge in [0.05, 0.1) is 0 Å². The summed E-state index contributed by atoms with van der Waals surface area (Å²) in [6.45, 7) is 3.15. The molecule has 0 fully saturated rings. The topological polar surface area (TPSA) is 50.9 Å². The highest BCUT2D eigenvalue weighted by Crippen LogP contribution is 2.27. The number of nitrogen functional groups attached to an aromatic ring is 1. The lowest BCUT2D eigenvalue weighted by Gasteiger charge is -2.13. The number of benzene rings is 1. The van der Waals surface area contributed by atoms with E-state index in [0.717, 1.165) is 28.7 Å². The van der Waals surface area contributed by atoms with E-state index >= 15 is 0 Å². The van der Waals surface area contributed by atoms with Crippen LogP contribution < -0.4 is 11.1 Å². The summed E-state index contributed by atoms with van der Waals surface area (Å²) in [6.07, 6.45) is 5.73. The van der Waals surface area contributed by atoms with Gasteiger partial charge in [-0.15, -0.1) is 0 Å². The van der Waals surface area contributed by atoms with Crippen molar-refractivity contribution in [1.29, 1.82) is 0 Å². The summed E-state index contributed by atoms with van der Waals surface area (Å²) in [7, 11) is 0. The number of thioether (sulfide) groups is 1. The third kappa shape index (κ3) is 2.64. The van der Waals surface area contributed by atoms with E-state index in [-0.39, 0.29) is 0 Å². The summed E-state index contributed by atoms with van der Waals surface area (Å²) in [5.41, 5.74) is 7.83. The van der Waals surface area contributed by atoms with E-state index in [1.807, 2.05) is 36.2 Å². The Bertz CT molecular complexity index is 513. The molecule has 0 bridgehead atoms. The maximum atomic E-state index is 5.94. The number of pyridine rings is 1. The fourth-order valence-electron chi connectivity index (χ4n) is 1.70. The SMILES string of the molecule is CSC(C)CNc1ccc(N)c2cnccc12. The first-order chi connectivity index (χ1) is 8.22. The van der Waals surface area contributed by atoms with Gasteiger partial charge in [-0.2, -0.15) is 11.8 Å². The molecule has 2 rings (SSSR count). The first-order valence-electron chi connectivity index (χ1n) is 5.61. The van der Waals surface area contributed by atoms with Crippen molar-refractivity contribution in [2.24, 2.45) is 0 Å². The zero-order chi connectivity index (χ0) is 12.3. The molecule has 1 aromatic carbocycles. The van der Waals surface area contributed by atoms with E-state index in [2.05, 4.69) is 23.5 Å². The lowest BCUT2D eigenvalue weighted by atomic mass is 10.1. The average Bonchev–Trinajstić information content (AvgIpc) is 2.38. The second kappa shape index (κ2) is 5.27. The van der Waals surface area contributed by atoms with E-state index in [1.165, 1.54) is 0 Å². The standard InChI is InChI=1S/C13H17N3S/c1-9(17-2)7-16-13-4-3-12(14)11-8-15-6-5-10(11)13/h3-6,8-9,16H,7,14H2,1-2H3. The number of nitrogens with zero attached hydrogens (tertiary/aromatic N) is 1. The largest absolute Gasteiger partial charge is 0.398 e. The predicted molar refractivity (Wildman–Crippen MR) is 77.6 cm³/mol. The zero-order valence-electron chi connectivity index (χ0n) is 10.1. The number of nitrogens with two attached hydrogens (primary N) is 1. The van der Waals surface area contributed by atoms with Crippen molar-refractivity contribution in [2.75, 3.05) is 23.9 Å². The van der Waals surface area contributed by atoms with Crippen molar-refractivity contribution in [3.05, 3.63) is 30.6 Å². The van der Waals surface area contributed by atoms with Crippen molar-refractivity contribution in [2.45, 2.75) is 12.2 Å². The molecule has 1 aromatic heterocycles. The smallest absolute Gasteiger partial charge is 0.0422 e. The molecule has 0 saturated heterocycles. The molecule has 0 saturated carbocycles. The van der Waals surface area contributed by atoms with Gasteiger partial charge >= 0.3 is 0 Å². The van der Waals surface area contributed by atoms with Crippen LogP contribution in [0.4, 0.5) is 11.4 Å². The highest BCUT2D eigenvalue weighted by Gasteiger charge is 2.05. The van der Waals surface area contributed by atoms with Crippen molar-refractivity contribution in [1.82, 2.24) is 4.98 Å². The highest BCUT2D eigenvalue weighted by molar-refractivity contribution is 7.99. The minimum absolute atomic E-state index is 0.587. The number of nitrogens with one attached hydrogen (secondary N) is 1. The van der Waals surface area contributed by atoms with Crippen LogP contribution in [0.25, 0.3) is 10.8 Å². The van der Waals surface area contributed by atoms with Gasteiger partial charge in [-0.05, 0) is 24.5 Å². The summed E-state index contributed by atoms with van der Waals surface area (Å²) in [4.78, 5) is 4.11. The summed E-state index contributed by atoms with van der Waals surface area (Å²) >= 11 is 1.85. The Kier molecular flexibility index (Phi) is 3.74. The van der Waals surface area contributed by atoms with Crippen LogP contribution in [0.5, 0.6) is 0 Å². The van der Waals surface area contributed by atoms with Gasteiger partial charge in [-0.1, -0.05) is 6.92 Å². The second-order valence-corrected chi connectivity index (χ2v) is 5.33. The number of hydrogen-bond acceptors (Lipinski definition) is 4. The van der Waals surface area contributed by atoms with Gasteiger partial charge in [-0.3, -0.25) is 4.98 Å². The monoisotopic (exact) mass is 247 g/mol. The molecule has 17 heavy (non-hydrogen) atoms. The van der Waals surface area contributed by atoms with Gasteiger partial charge in [0.25, 0.3) is 0 Å². The molecule has 1 atom stereocenters. The first-order valence-corrected chi connectivity index (χ1v) is 6.90. The van der Waals surface area contributed by atoms with Crippen molar-refractivity contribution >= 4 is 33.9 Å². The quantitative estimate of drug-likeness (QED) is 0.816. The molecule has 0 aliphatic rings. The Morgan fingerprint density at radius 1 is 1.35 bits per heavy atom. The number of hydrogen-bond donors (Lipinski definition) is 2. The first kappa shape index (κ1) is 12.0. The Labute approximate surface area is 106 Å². The van der Waals surface area contributed by atoms with Crippen molar-refractivity contribution in [3.8, 4) is 0 Å². The van der Waals surface area contributed by atoms with Crippen molar-refractivity contribution in [3.63, 3.8) is 0 Å². The fraction of sp³-hybridized carbons (Fsp3) is 0.308. The number of anilines is 2. The van der Waals surface area contributed by atoms with Crippen LogP contribution in [0.3, 0.4) is 0 Å². The molecule has 1 heterocycles. The van der Waals surface area contributed by atoms with E-state index in [9.17, 15) is 0 Å². The second-order valence-electron chi connectivity index (χ2n) is 4.05. The molecule has 3 nitrogen and oxygen atoms in total. The zero-order valence-corrected chi connectivity index (χ0v) is 10.9. The number of fused-ring (bicyclic) bond motifs is 1. The number of aromatic nitrogens is 1. The molecule has 0 aliphatic heterocycles. The molecule has 0 aliphatic carbocycles. The third-order valence-electron chi connectivity index (χ3n) is 2.83. The van der Waals surface area contributed by atoms with E-state index in [0.29, 0.717) is 5.25 Å². The average molecular weight is 247 g/mol. The Morgan fingerprint density at radius 3 is 2.94 bits per heavy atom. The van der Waals surface area contributed by atoms with Crippen LogP contribution in [-0.4, -0.2) is 23.0 Å². The van der Waals surface area contributed by atoms with Crippen LogP contribution in [0.1, 0.15) is 6.92 Å². The molecule has 4 heteroatoms. The van der Waals surface area contributed by atoms with Gasteiger partial charge in [0, 0.05) is 46.3 Å². The van der Waals surface area contributed by atoms with Crippen LogP contribution in [-0.2, 0) is 0 Å². The van der Waals surface area contributed by atoms with E-state index < -0.39 is 0 Å². The molecular formula is C13H17N3S. The van der Waals surface area contributed by atoms with Crippen LogP contribution in [0.2, 0.25) is 0 Å². The van der Waals surface area contributed by atoms with E-state index in [4.69, 9.17) is 5.73 Å². The van der Waals surface area contributed by atoms with Crippen molar-refractivity contribution < 1.29 is 0 Å². The molecular weight excluding hydrogens is 230 g/mol. The fourth-order valence-corrected chi connectivity index (χ4v) is 1.95. The van der Waals surface area contributed by atoms with Crippen LogP contribution >= 0.6 is 11.8 Å². The lowest BCUT2D eigenvalue weighted by molar-refractivity contribution is 1.01. The normalized spacial score (nSPS) is 12.6. The Morgan fingerprint density at radius 2 is 2.18 bits per heavy atom.